The van der Waals surface area contributed by atoms with Gasteiger partial charge in [-0.3, -0.25) is 4.79 Å². The van der Waals surface area contributed by atoms with Crippen molar-refractivity contribution in [2.24, 2.45) is 0 Å². The Morgan fingerprint density at radius 3 is 2.56 bits per heavy atom. The molecule has 6 rings (SSSR count). The van der Waals surface area contributed by atoms with E-state index in [0.29, 0.717) is 30.9 Å². The zero-order valence-corrected chi connectivity index (χ0v) is 22.9. The predicted molar refractivity (Wildman–Crippen MR) is 141 cm³/mol. The zero-order valence-electron chi connectivity index (χ0n) is 22.0. The number of halogens is 1. The molecule has 2 aromatic rings. The molecule has 11 nitrogen and oxygen atoms in total. The summed E-state index contributed by atoms with van der Waals surface area (Å²) in [7, 11) is -3.85. The van der Waals surface area contributed by atoms with E-state index in [4.69, 9.17) is 4.98 Å². The second kappa shape index (κ2) is 9.08. The van der Waals surface area contributed by atoms with Gasteiger partial charge in [-0.25, -0.2) is 22.8 Å². The van der Waals surface area contributed by atoms with E-state index in [1.54, 1.807) is 11.0 Å². The number of hydrogen-bond acceptors (Lipinski definition) is 10. The van der Waals surface area contributed by atoms with Crippen LogP contribution in [0.2, 0.25) is 0 Å². The molecular formula is C26H31FN8O3S. The third-order valence-corrected chi connectivity index (χ3v) is 11.6. The van der Waals surface area contributed by atoms with Crippen LogP contribution in [0.3, 0.4) is 0 Å². The molecule has 0 radical (unpaired) electrons. The number of anilines is 3. The quantitative estimate of drug-likeness (QED) is 0.552. The van der Waals surface area contributed by atoms with Gasteiger partial charge in [-0.2, -0.15) is 10.4 Å². The topological polar surface area (TPSA) is 136 Å². The van der Waals surface area contributed by atoms with Crippen LogP contribution in [0.25, 0.3) is 0 Å². The molecule has 4 aliphatic rings. The Bertz CT molecular complexity index is 1480. The van der Waals surface area contributed by atoms with Crippen molar-refractivity contribution in [3.63, 3.8) is 0 Å². The molecule has 5 heterocycles. The molecule has 1 aliphatic carbocycles. The van der Waals surface area contributed by atoms with Crippen LogP contribution in [0, 0.1) is 11.3 Å². The maximum Gasteiger partial charge on any atom is 0.247 e. The molecule has 1 amide bonds. The summed E-state index contributed by atoms with van der Waals surface area (Å²) in [5.41, 5.74) is 1.31. The van der Waals surface area contributed by atoms with Gasteiger partial charge in [0.25, 0.3) is 0 Å². The first kappa shape index (κ1) is 25.9. The normalized spacial score (nSPS) is 28.7. The lowest BCUT2D eigenvalue weighted by Gasteiger charge is -2.48. The van der Waals surface area contributed by atoms with Gasteiger partial charge in [0.1, 0.15) is 30.7 Å². The standard InChI is InChI=1S/C26H31FN8O3S/c1-17-13-34(24(36)26(14-27)7-4-8-39(26,37)38)18(2)12-33(17)22-21-23(30-16-29-22)35(15-25(21)5-3-6-25)20-9-19(10-28)11-31-32-20/h9,11,16-18H,3-8,12-15H2,1-2H3/t17-,18+,26?/m0/s1. The molecule has 0 aromatic carbocycles. The fourth-order valence-electron chi connectivity index (χ4n) is 6.78. The third kappa shape index (κ3) is 3.71. The highest BCUT2D eigenvalue weighted by Crippen LogP contribution is 2.56. The number of carbonyl (C=O) groups excluding carboxylic acids is 1. The SMILES string of the molecule is C[C@@H]1CN(c2ncnc3c2C2(CCC2)CN3c2cc(C#N)cnn2)[C@@H](C)CN1C(=O)C1(CF)CCCS1(=O)=O. The molecule has 0 N–H and O–H groups in total. The van der Waals surface area contributed by atoms with Gasteiger partial charge in [-0.1, -0.05) is 6.42 Å². The lowest BCUT2D eigenvalue weighted by atomic mass is 9.66. The summed E-state index contributed by atoms with van der Waals surface area (Å²) in [5.74, 6) is 1.34. The van der Waals surface area contributed by atoms with Crippen molar-refractivity contribution >= 4 is 33.2 Å². The van der Waals surface area contributed by atoms with Crippen LogP contribution < -0.4 is 9.80 Å². The van der Waals surface area contributed by atoms with Crippen LogP contribution in [0.15, 0.2) is 18.6 Å². The van der Waals surface area contributed by atoms with Gasteiger partial charge in [0.2, 0.25) is 5.91 Å². The number of rotatable bonds is 4. The van der Waals surface area contributed by atoms with E-state index in [-0.39, 0.29) is 36.2 Å². The van der Waals surface area contributed by atoms with Crippen molar-refractivity contribution < 1.29 is 17.6 Å². The largest absolute Gasteiger partial charge is 0.350 e. The Kier molecular flexibility index (Phi) is 6.02. The van der Waals surface area contributed by atoms with Crippen LogP contribution in [-0.4, -0.2) is 88.3 Å². The molecule has 2 saturated heterocycles. The molecule has 1 saturated carbocycles. The molecule has 2 aromatic heterocycles. The molecule has 13 heteroatoms. The molecule has 3 atom stereocenters. The molecular weight excluding hydrogens is 523 g/mol. The lowest BCUT2D eigenvalue weighted by molar-refractivity contribution is -0.137. The van der Waals surface area contributed by atoms with E-state index >= 15 is 0 Å². The van der Waals surface area contributed by atoms with Crippen LogP contribution in [0.1, 0.15) is 57.1 Å². The third-order valence-electron chi connectivity index (χ3n) is 9.13. The Labute approximate surface area is 227 Å². The van der Waals surface area contributed by atoms with Crippen LogP contribution in [0.4, 0.5) is 21.8 Å². The number of hydrogen-bond donors (Lipinski definition) is 0. The van der Waals surface area contributed by atoms with E-state index < -0.39 is 27.2 Å². The number of piperazine rings is 1. The van der Waals surface area contributed by atoms with E-state index in [2.05, 4.69) is 26.2 Å². The number of amides is 1. The summed E-state index contributed by atoms with van der Waals surface area (Å²) in [4.78, 5) is 28.7. The fraction of sp³-hybridized carbons (Fsp3) is 0.615. The number of aromatic nitrogens is 4. The van der Waals surface area contributed by atoms with Gasteiger partial charge in [0, 0.05) is 48.8 Å². The van der Waals surface area contributed by atoms with E-state index in [9.17, 15) is 22.9 Å². The average molecular weight is 555 g/mol. The average Bonchev–Trinajstić information content (AvgIpc) is 3.44. The number of fused-ring (bicyclic) bond motifs is 2. The van der Waals surface area contributed by atoms with E-state index in [1.165, 1.54) is 12.5 Å². The lowest BCUT2D eigenvalue weighted by Crippen LogP contribution is -2.64. The maximum absolute atomic E-state index is 14.2. The highest BCUT2D eigenvalue weighted by Gasteiger charge is 2.57. The highest BCUT2D eigenvalue weighted by atomic mass is 32.2. The second-order valence-corrected chi connectivity index (χ2v) is 13.8. The summed E-state index contributed by atoms with van der Waals surface area (Å²) in [5, 5.41) is 17.7. The number of nitriles is 1. The van der Waals surface area contributed by atoms with Crippen molar-refractivity contribution in [2.75, 3.05) is 41.9 Å². The Morgan fingerprint density at radius 1 is 1.15 bits per heavy atom. The van der Waals surface area contributed by atoms with Crippen molar-refractivity contribution in [1.82, 2.24) is 25.1 Å². The number of carbonyl (C=O) groups is 1. The maximum atomic E-state index is 14.2. The molecule has 206 valence electrons. The number of nitrogens with zero attached hydrogens (tertiary/aromatic N) is 8. The minimum Gasteiger partial charge on any atom is -0.350 e. The Morgan fingerprint density at radius 2 is 1.92 bits per heavy atom. The minimum absolute atomic E-state index is 0.0274. The monoisotopic (exact) mass is 554 g/mol. The second-order valence-electron chi connectivity index (χ2n) is 11.4. The summed E-state index contributed by atoms with van der Waals surface area (Å²) in [6.45, 7) is 4.02. The minimum atomic E-state index is -3.85. The summed E-state index contributed by atoms with van der Waals surface area (Å²) in [6.07, 6.45) is 6.31. The molecule has 3 fully saturated rings. The first-order valence-corrected chi connectivity index (χ1v) is 15.0. The Hall–Kier alpha value is -3.40. The highest BCUT2D eigenvalue weighted by molar-refractivity contribution is 7.93. The first-order valence-electron chi connectivity index (χ1n) is 13.4. The van der Waals surface area contributed by atoms with Crippen LogP contribution in [0.5, 0.6) is 0 Å². The van der Waals surface area contributed by atoms with Gasteiger partial charge in [0.15, 0.2) is 20.4 Å². The van der Waals surface area contributed by atoms with Crippen molar-refractivity contribution in [1.29, 1.82) is 5.26 Å². The first-order chi connectivity index (χ1) is 18.7. The van der Waals surface area contributed by atoms with Gasteiger partial charge < -0.3 is 14.7 Å². The molecule has 1 unspecified atom stereocenters. The van der Waals surface area contributed by atoms with Gasteiger partial charge in [-0.05, 0) is 39.5 Å². The molecule has 3 aliphatic heterocycles. The molecule has 1 spiro atoms. The number of sulfone groups is 1. The van der Waals surface area contributed by atoms with Gasteiger partial charge in [-0.15, -0.1) is 5.10 Å². The van der Waals surface area contributed by atoms with Crippen LogP contribution in [-0.2, 0) is 20.0 Å². The zero-order chi connectivity index (χ0) is 27.6. The van der Waals surface area contributed by atoms with Crippen molar-refractivity contribution in [3.05, 3.63) is 29.7 Å². The summed E-state index contributed by atoms with van der Waals surface area (Å²) < 4.78 is 37.8. The number of alkyl halides is 1. The Balaban J connectivity index is 1.34. The fourth-order valence-corrected chi connectivity index (χ4v) is 8.70. The molecule has 0 bridgehead atoms. The summed E-state index contributed by atoms with van der Waals surface area (Å²) in [6, 6.07) is 3.31. The predicted octanol–water partition coefficient (Wildman–Crippen LogP) is 2.05. The van der Waals surface area contributed by atoms with Crippen molar-refractivity contribution in [3.8, 4) is 6.07 Å². The van der Waals surface area contributed by atoms with Gasteiger partial charge >= 0.3 is 0 Å². The van der Waals surface area contributed by atoms with E-state index in [1.807, 2.05) is 18.7 Å². The van der Waals surface area contributed by atoms with Crippen molar-refractivity contribution in [2.45, 2.75) is 68.2 Å². The molecule has 39 heavy (non-hydrogen) atoms. The summed E-state index contributed by atoms with van der Waals surface area (Å²) >= 11 is 0. The van der Waals surface area contributed by atoms with E-state index in [0.717, 1.165) is 36.5 Å². The van der Waals surface area contributed by atoms with Crippen LogP contribution >= 0.6 is 0 Å². The van der Waals surface area contributed by atoms with Gasteiger partial charge in [0.05, 0.1) is 17.5 Å². The smallest absolute Gasteiger partial charge is 0.247 e.